The number of hydrogen-bond acceptors (Lipinski definition) is 7. The first kappa shape index (κ1) is 28.6. The monoisotopic (exact) mass is 588 g/mol. The van der Waals surface area contributed by atoms with E-state index in [1.54, 1.807) is 11.8 Å². The van der Waals surface area contributed by atoms with Gasteiger partial charge in [-0.3, -0.25) is 9.59 Å². The number of rotatable bonds is 5. The lowest BCUT2D eigenvalue weighted by atomic mass is 9.79. The van der Waals surface area contributed by atoms with Crippen LogP contribution < -0.4 is 10.2 Å². The molecule has 5 rings (SSSR count). The zero-order chi connectivity index (χ0) is 29.5. The molecule has 0 saturated heterocycles. The number of methoxy groups -OCH3 is 1. The number of ether oxygens (including phenoxy) is 3. The van der Waals surface area contributed by atoms with Crippen LogP contribution in [0.1, 0.15) is 51.6 Å². The summed E-state index contributed by atoms with van der Waals surface area (Å²) in [6.45, 7) is 1.82. The standard InChI is InChI=1S/C29H27F3N2O6S/c1-16-7-6-8-18-14-41-22-10-5-4-9-19(22)24(23(16)18)20-13-34(17(2)29(30,31)32)27(36)25-26(21(35)11-12-33(20)25)39-15-40-28(37)38-3/h4-12,17,20,24H,13-15H2,1-3H3/t17-,20?,24+/m1/s1. The number of hydrogen-bond donors (Lipinski definition) is 0. The summed E-state index contributed by atoms with van der Waals surface area (Å²) in [7, 11) is 1.08. The summed E-state index contributed by atoms with van der Waals surface area (Å²) in [6.07, 6.45) is -4.40. The van der Waals surface area contributed by atoms with Crippen LogP contribution in [0.25, 0.3) is 0 Å². The number of nitrogens with zero attached hydrogens (tertiary/aromatic N) is 2. The Labute approximate surface area is 238 Å². The van der Waals surface area contributed by atoms with Crippen LogP contribution in [0, 0.1) is 6.92 Å². The average molecular weight is 589 g/mol. The van der Waals surface area contributed by atoms with Crippen molar-refractivity contribution in [3.8, 4) is 5.75 Å². The van der Waals surface area contributed by atoms with E-state index in [4.69, 9.17) is 9.47 Å². The minimum Gasteiger partial charge on any atom is -0.451 e. The van der Waals surface area contributed by atoms with Crippen molar-refractivity contribution in [3.63, 3.8) is 0 Å². The zero-order valence-electron chi connectivity index (χ0n) is 22.4. The van der Waals surface area contributed by atoms with Gasteiger partial charge in [0.05, 0.1) is 13.2 Å². The third-order valence-corrected chi connectivity index (χ3v) is 8.66. The summed E-state index contributed by atoms with van der Waals surface area (Å²) in [5.41, 5.74) is 2.78. The fourth-order valence-corrected chi connectivity index (χ4v) is 6.63. The van der Waals surface area contributed by atoms with Crippen molar-refractivity contribution in [1.29, 1.82) is 0 Å². The average Bonchev–Trinajstić information content (AvgIpc) is 3.11. The van der Waals surface area contributed by atoms with E-state index in [-0.39, 0.29) is 12.2 Å². The van der Waals surface area contributed by atoms with Crippen LogP contribution in [0.5, 0.6) is 5.75 Å². The van der Waals surface area contributed by atoms with Gasteiger partial charge in [0, 0.05) is 35.4 Å². The van der Waals surface area contributed by atoms with Gasteiger partial charge >= 0.3 is 12.3 Å². The molecule has 2 aromatic carbocycles. The van der Waals surface area contributed by atoms with Crippen LogP contribution in [0.4, 0.5) is 18.0 Å². The van der Waals surface area contributed by atoms with E-state index in [9.17, 15) is 27.6 Å². The quantitative estimate of drug-likeness (QED) is 0.281. The van der Waals surface area contributed by atoms with Crippen LogP contribution in [-0.4, -0.2) is 54.2 Å². The highest BCUT2D eigenvalue weighted by Gasteiger charge is 2.48. The number of halogens is 3. The van der Waals surface area contributed by atoms with E-state index in [0.717, 1.165) is 46.1 Å². The second-order valence-electron chi connectivity index (χ2n) is 9.82. The minimum absolute atomic E-state index is 0.273. The molecule has 3 aromatic rings. The van der Waals surface area contributed by atoms with Gasteiger partial charge in [-0.05, 0) is 42.2 Å². The molecule has 1 unspecified atom stereocenters. The summed E-state index contributed by atoms with van der Waals surface area (Å²) in [5, 5.41) is 0. The van der Waals surface area contributed by atoms with Gasteiger partial charge in [0.1, 0.15) is 6.04 Å². The van der Waals surface area contributed by atoms with Gasteiger partial charge in [-0.25, -0.2) is 4.79 Å². The highest BCUT2D eigenvalue weighted by atomic mass is 32.2. The summed E-state index contributed by atoms with van der Waals surface area (Å²) in [4.78, 5) is 39.8. The molecule has 12 heteroatoms. The van der Waals surface area contributed by atoms with Crippen molar-refractivity contribution in [2.75, 3.05) is 20.4 Å². The van der Waals surface area contributed by atoms with Crippen LogP contribution in [-0.2, 0) is 15.2 Å². The number of alkyl halides is 3. The minimum atomic E-state index is -4.72. The molecule has 41 heavy (non-hydrogen) atoms. The van der Waals surface area contributed by atoms with Gasteiger partial charge in [-0.2, -0.15) is 13.2 Å². The van der Waals surface area contributed by atoms with E-state index < -0.39 is 54.2 Å². The maximum absolute atomic E-state index is 14.1. The van der Waals surface area contributed by atoms with Gasteiger partial charge in [-0.15, -0.1) is 11.8 Å². The fraction of sp³-hybridized carbons (Fsp3) is 0.345. The van der Waals surface area contributed by atoms with Crippen LogP contribution in [0.2, 0.25) is 0 Å². The molecule has 8 nitrogen and oxygen atoms in total. The van der Waals surface area contributed by atoms with Gasteiger partial charge in [0.15, 0.2) is 11.4 Å². The first-order chi connectivity index (χ1) is 19.5. The number of pyridine rings is 1. The molecule has 2 aliphatic heterocycles. The topological polar surface area (TPSA) is 87.1 Å². The van der Waals surface area contributed by atoms with E-state index in [2.05, 4.69) is 4.74 Å². The van der Waals surface area contributed by atoms with Crippen molar-refractivity contribution in [2.24, 2.45) is 0 Å². The van der Waals surface area contributed by atoms with Gasteiger partial charge in [-0.1, -0.05) is 36.4 Å². The van der Waals surface area contributed by atoms with E-state index >= 15 is 0 Å². The molecule has 1 amide bonds. The molecule has 0 spiro atoms. The Hall–Kier alpha value is -3.93. The number of carbonyl (C=O) groups excluding carboxylic acids is 2. The highest BCUT2D eigenvalue weighted by molar-refractivity contribution is 7.98. The van der Waals surface area contributed by atoms with Crippen LogP contribution in [0.15, 0.2) is 64.4 Å². The summed E-state index contributed by atoms with van der Waals surface area (Å²) in [5.74, 6) is -1.33. The first-order valence-electron chi connectivity index (χ1n) is 12.8. The van der Waals surface area contributed by atoms with Crippen LogP contribution in [0.3, 0.4) is 0 Å². The molecule has 2 aliphatic rings. The number of aryl methyl sites for hydroxylation is 1. The molecule has 0 bridgehead atoms. The fourth-order valence-electron chi connectivity index (χ4n) is 5.53. The lowest BCUT2D eigenvalue weighted by molar-refractivity contribution is -0.174. The van der Waals surface area contributed by atoms with Crippen molar-refractivity contribution < 1.29 is 37.0 Å². The van der Waals surface area contributed by atoms with Crippen molar-refractivity contribution >= 4 is 23.8 Å². The summed E-state index contributed by atoms with van der Waals surface area (Å²) in [6, 6.07) is 11.9. The van der Waals surface area contributed by atoms with E-state index in [1.807, 2.05) is 49.4 Å². The molecule has 0 aliphatic carbocycles. The van der Waals surface area contributed by atoms with Gasteiger partial charge in [0.2, 0.25) is 12.2 Å². The largest absolute Gasteiger partial charge is 0.510 e. The molecular formula is C29H27F3N2O6S. The predicted molar refractivity (Wildman–Crippen MR) is 144 cm³/mol. The third-order valence-electron chi connectivity index (χ3n) is 7.52. The van der Waals surface area contributed by atoms with Crippen LogP contribution >= 0.6 is 11.8 Å². The number of benzene rings is 2. The van der Waals surface area contributed by atoms with Crippen molar-refractivity contribution in [3.05, 3.63) is 92.9 Å². The predicted octanol–water partition coefficient (Wildman–Crippen LogP) is 5.66. The number of fused-ring (bicyclic) bond motifs is 3. The number of thioether (sulfide) groups is 1. The molecule has 3 heterocycles. The summed E-state index contributed by atoms with van der Waals surface area (Å²) < 4.78 is 58.4. The second-order valence-corrected chi connectivity index (χ2v) is 10.8. The second kappa shape index (κ2) is 11.2. The molecule has 0 N–H and O–H groups in total. The first-order valence-corrected chi connectivity index (χ1v) is 13.8. The van der Waals surface area contributed by atoms with E-state index in [0.29, 0.717) is 5.75 Å². The smallest absolute Gasteiger partial charge is 0.451 e. The molecular weight excluding hydrogens is 561 g/mol. The molecule has 0 radical (unpaired) electrons. The Bertz CT molecular complexity index is 1560. The van der Waals surface area contributed by atoms with E-state index in [1.165, 1.54) is 16.8 Å². The lowest BCUT2D eigenvalue weighted by Crippen LogP contribution is -2.54. The Kier molecular flexibility index (Phi) is 7.78. The third kappa shape index (κ3) is 5.28. The van der Waals surface area contributed by atoms with Crippen molar-refractivity contribution in [1.82, 2.24) is 9.47 Å². The van der Waals surface area contributed by atoms with Crippen molar-refractivity contribution in [2.45, 2.75) is 48.7 Å². The lowest BCUT2D eigenvalue weighted by Gasteiger charge is -2.43. The highest BCUT2D eigenvalue weighted by Crippen LogP contribution is 2.49. The molecule has 0 fully saturated rings. The molecule has 3 atom stereocenters. The number of amides is 1. The van der Waals surface area contributed by atoms with Gasteiger partial charge in [0.25, 0.3) is 5.91 Å². The Morgan fingerprint density at radius 3 is 2.61 bits per heavy atom. The molecule has 216 valence electrons. The zero-order valence-corrected chi connectivity index (χ0v) is 23.3. The number of aromatic nitrogens is 1. The SMILES string of the molecule is COC(=O)OCOc1c2n(ccc1=O)C([C@@H]1c3ccccc3SCc3cccc(C)c31)CN([C@H](C)C(F)(F)F)C2=O. The number of carbonyl (C=O) groups is 2. The Balaban J connectivity index is 1.74. The maximum atomic E-state index is 14.1. The Morgan fingerprint density at radius 1 is 1.12 bits per heavy atom. The maximum Gasteiger partial charge on any atom is 0.510 e. The van der Waals surface area contributed by atoms with Gasteiger partial charge < -0.3 is 23.7 Å². The molecule has 0 saturated carbocycles. The Morgan fingerprint density at radius 2 is 1.88 bits per heavy atom. The summed E-state index contributed by atoms with van der Waals surface area (Å²) >= 11 is 1.64. The normalized spacial score (nSPS) is 18.9. The molecule has 1 aromatic heterocycles.